The zero-order valence-electron chi connectivity index (χ0n) is 60.0. The lowest BCUT2D eigenvalue weighted by atomic mass is 9.69. The minimum absolute atomic E-state index is 0.0123. The van der Waals surface area contributed by atoms with Crippen molar-refractivity contribution in [1.29, 1.82) is 0 Å². The highest BCUT2D eigenvalue weighted by Crippen LogP contribution is 2.51. The van der Waals surface area contributed by atoms with Crippen molar-refractivity contribution in [1.82, 2.24) is 0 Å². The van der Waals surface area contributed by atoms with Crippen LogP contribution in [0.25, 0.3) is 0 Å². The molecule has 0 unspecified atom stereocenters. The standard InChI is InChI=1S/C89H108O/c1-56-50-59(4)77(53-74(56)80(62-26-38-68(39-27-62)83(7,8)9)63-28-40-69(41-29-63)84(10,11)12)89(90-25,78-54-75(57(2)51-60(78)5)81(64-30-42-70(43-31-64)85(13,14)15)65-32-44-71(45-33-65)86(16,17)18)79-55-76(58(3)52-61(79)6)82(66-34-46-72(47-35-66)87(19,20)21)67-36-48-73(49-37-67)88(22,23)24/h26-55,80-82H,1-25H3. The van der Waals surface area contributed by atoms with E-state index in [9.17, 15) is 0 Å². The third-order valence-electron chi connectivity index (χ3n) is 19.9. The monoisotopic (exact) mass is 1190 g/mol. The highest BCUT2D eigenvalue weighted by molar-refractivity contribution is 5.64. The molecule has 1 heteroatoms. The van der Waals surface area contributed by atoms with Gasteiger partial charge in [0.25, 0.3) is 0 Å². The van der Waals surface area contributed by atoms with E-state index in [0.29, 0.717) is 0 Å². The molecule has 0 fully saturated rings. The molecule has 0 heterocycles. The fourth-order valence-electron chi connectivity index (χ4n) is 14.2. The first-order valence-electron chi connectivity index (χ1n) is 33.4. The number of benzene rings is 9. The summed E-state index contributed by atoms with van der Waals surface area (Å²) in [5.41, 5.74) is 29.1. The molecular formula is C89H108O. The Labute approximate surface area is 546 Å². The van der Waals surface area contributed by atoms with Gasteiger partial charge in [-0.15, -0.1) is 0 Å². The molecule has 0 saturated heterocycles. The van der Waals surface area contributed by atoms with Gasteiger partial charge in [-0.25, -0.2) is 0 Å². The maximum Gasteiger partial charge on any atom is 0.144 e. The molecule has 9 aromatic rings. The molecule has 0 bridgehead atoms. The van der Waals surface area contributed by atoms with Crippen LogP contribution in [0.2, 0.25) is 0 Å². The van der Waals surface area contributed by atoms with Crippen molar-refractivity contribution in [2.75, 3.05) is 7.11 Å². The van der Waals surface area contributed by atoms with Crippen LogP contribution in [0.4, 0.5) is 0 Å². The minimum Gasteiger partial charge on any atom is -0.364 e. The summed E-state index contributed by atoms with van der Waals surface area (Å²) in [6, 6.07) is 72.1. The van der Waals surface area contributed by atoms with Crippen molar-refractivity contribution in [2.24, 2.45) is 0 Å². The Morgan fingerprint density at radius 2 is 0.378 bits per heavy atom. The molecule has 9 rings (SSSR count). The van der Waals surface area contributed by atoms with Crippen molar-refractivity contribution >= 4 is 0 Å². The first kappa shape index (κ1) is 67.3. The zero-order chi connectivity index (χ0) is 66.0. The first-order valence-corrected chi connectivity index (χ1v) is 33.4. The molecule has 0 aliphatic heterocycles. The molecule has 0 spiro atoms. The molecule has 90 heavy (non-hydrogen) atoms. The normalized spacial score (nSPS) is 13.1. The van der Waals surface area contributed by atoms with Gasteiger partial charge in [-0.05, 0) is 208 Å². The fourth-order valence-corrected chi connectivity index (χ4v) is 14.2. The van der Waals surface area contributed by atoms with Crippen LogP contribution in [0.5, 0.6) is 0 Å². The molecule has 470 valence electrons. The molecule has 0 N–H and O–H groups in total. The Balaban J connectivity index is 1.41. The molecule has 0 atom stereocenters. The Morgan fingerprint density at radius 1 is 0.222 bits per heavy atom. The second-order valence-electron chi connectivity index (χ2n) is 33.0. The van der Waals surface area contributed by atoms with Crippen LogP contribution in [0.3, 0.4) is 0 Å². The van der Waals surface area contributed by atoms with Gasteiger partial charge in [0.15, 0.2) is 0 Å². The Bertz CT molecular complexity index is 3380. The van der Waals surface area contributed by atoms with Crippen LogP contribution < -0.4 is 0 Å². The van der Waals surface area contributed by atoms with Gasteiger partial charge in [-0.3, -0.25) is 0 Å². The van der Waals surface area contributed by atoms with Crippen LogP contribution in [0.15, 0.2) is 182 Å². The van der Waals surface area contributed by atoms with E-state index in [1.54, 1.807) is 0 Å². The van der Waals surface area contributed by atoms with Crippen LogP contribution in [-0.4, -0.2) is 7.11 Å². The van der Waals surface area contributed by atoms with Crippen LogP contribution in [0, 0.1) is 41.5 Å². The number of hydrogen-bond acceptors (Lipinski definition) is 1. The maximum absolute atomic E-state index is 7.82. The summed E-state index contributed by atoms with van der Waals surface area (Å²) in [6.07, 6.45) is 0. The van der Waals surface area contributed by atoms with Gasteiger partial charge in [0.1, 0.15) is 5.60 Å². The van der Waals surface area contributed by atoms with Gasteiger partial charge < -0.3 is 4.74 Å². The van der Waals surface area contributed by atoms with Crippen molar-refractivity contribution in [3.05, 3.63) is 316 Å². The number of aryl methyl sites for hydroxylation is 6. The summed E-state index contributed by atoms with van der Waals surface area (Å²) < 4.78 is 7.82. The zero-order valence-corrected chi connectivity index (χ0v) is 60.0. The largest absolute Gasteiger partial charge is 0.364 e. The van der Waals surface area contributed by atoms with E-state index in [4.69, 9.17) is 4.74 Å². The smallest absolute Gasteiger partial charge is 0.144 e. The summed E-state index contributed by atoms with van der Waals surface area (Å²) >= 11 is 0. The highest BCUT2D eigenvalue weighted by atomic mass is 16.5. The molecule has 0 radical (unpaired) electrons. The molecule has 0 aromatic heterocycles. The molecule has 9 aromatic carbocycles. The lowest BCUT2D eigenvalue weighted by Gasteiger charge is -2.40. The average Bonchev–Trinajstić information content (AvgIpc) is 0.736. The maximum atomic E-state index is 7.82. The highest BCUT2D eigenvalue weighted by Gasteiger charge is 2.43. The summed E-state index contributed by atoms with van der Waals surface area (Å²) in [5.74, 6) is -0.210. The first-order chi connectivity index (χ1) is 41.8. The van der Waals surface area contributed by atoms with E-state index < -0.39 is 5.60 Å². The Morgan fingerprint density at radius 3 is 0.511 bits per heavy atom. The molecule has 0 saturated carbocycles. The van der Waals surface area contributed by atoms with Crippen LogP contribution >= 0.6 is 0 Å². The molecule has 0 amide bonds. The van der Waals surface area contributed by atoms with Crippen LogP contribution in [0.1, 0.15) is 276 Å². The van der Waals surface area contributed by atoms with E-state index >= 15 is 0 Å². The lowest BCUT2D eigenvalue weighted by molar-refractivity contribution is 0.0566. The minimum atomic E-state index is -1.12. The number of rotatable bonds is 13. The molecular weight excluding hydrogens is 1080 g/mol. The van der Waals surface area contributed by atoms with E-state index in [2.05, 4.69) is 348 Å². The van der Waals surface area contributed by atoms with Gasteiger partial charge in [0, 0.05) is 24.9 Å². The number of ether oxygens (including phenoxy) is 1. The summed E-state index contributed by atoms with van der Waals surface area (Å²) in [5, 5.41) is 0. The Kier molecular flexibility index (Phi) is 18.6. The van der Waals surface area contributed by atoms with Gasteiger partial charge in [-0.1, -0.05) is 307 Å². The van der Waals surface area contributed by atoms with E-state index in [1.165, 1.54) is 117 Å². The molecule has 0 aliphatic rings. The van der Waals surface area contributed by atoms with Crippen molar-refractivity contribution < 1.29 is 4.74 Å². The topological polar surface area (TPSA) is 9.23 Å². The quantitative estimate of drug-likeness (QED) is 0.105. The van der Waals surface area contributed by atoms with Crippen molar-refractivity contribution in [3.63, 3.8) is 0 Å². The van der Waals surface area contributed by atoms with E-state index in [1.807, 2.05) is 7.11 Å². The van der Waals surface area contributed by atoms with E-state index in [-0.39, 0.29) is 50.2 Å². The summed E-state index contributed by atoms with van der Waals surface area (Å²) in [6.45, 7) is 55.5. The van der Waals surface area contributed by atoms with Gasteiger partial charge in [0.2, 0.25) is 0 Å². The lowest BCUT2D eigenvalue weighted by Crippen LogP contribution is -2.35. The number of hydrogen-bond donors (Lipinski definition) is 0. The Hall–Kier alpha value is -7.06. The van der Waals surface area contributed by atoms with Crippen LogP contribution in [-0.2, 0) is 42.8 Å². The summed E-state index contributed by atoms with van der Waals surface area (Å²) in [4.78, 5) is 0. The second kappa shape index (κ2) is 24.9. The SMILES string of the molecule is COC(c1cc(C(c2ccc(C(C)(C)C)cc2)c2ccc(C(C)(C)C)cc2)c(C)cc1C)(c1cc(C(c2ccc(C(C)(C)C)cc2)c2ccc(C(C)(C)C)cc2)c(C)cc1C)c1cc(C(c2ccc(C(C)(C)C)cc2)c2ccc(C(C)(C)C)cc2)c(C)cc1C. The fraction of sp³-hybridized carbons (Fsp3) is 0.393. The van der Waals surface area contributed by atoms with Gasteiger partial charge >= 0.3 is 0 Å². The second-order valence-corrected chi connectivity index (χ2v) is 33.0. The third kappa shape index (κ3) is 13.8. The molecule has 1 nitrogen and oxygen atoms in total. The molecule has 0 aliphatic carbocycles. The predicted molar refractivity (Wildman–Crippen MR) is 388 cm³/mol. The van der Waals surface area contributed by atoms with Gasteiger partial charge in [0.05, 0.1) is 0 Å². The average molecular weight is 1190 g/mol. The summed E-state index contributed by atoms with van der Waals surface area (Å²) in [7, 11) is 1.98. The third-order valence-corrected chi connectivity index (χ3v) is 19.9. The van der Waals surface area contributed by atoms with Gasteiger partial charge in [-0.2, -0.15) is 0 Å². The van der Waals surface area contributed by atoms with E-state index in [0.717, 1.165) is 16.7 Å². The van der Waals surface area contributed by atoms with Crippen molar-refractivity contribution in [3.8, 4) is 0 Å². The van der Waals surface area contributed by atoms with Crippen molar-refractivity contribution in [2.45, 2.75) is 222 Å². The predicted octanol–water partition coefficient (Wildman–Crippen LogP) is 23.8. The number of methoxy groups -OCH3 is 1.